The summed E-state index contributed by atoms with van der Waals surface area (Å²) in [5.74, 6) is 1.21. The van der Waals surface area contributed by atoms with Gasteiger partial charge in [-0.3, -0.25) is 9.10 Å². The summed E-state index contributed by atoms with van der Waals surface area (Å²) in [5, 5.41) is 2.74. The Hall–Kier alpha value is -3.37. The summed E-state index contributed by atoms with van der Waals surface area (Å²) in [5.41, 5.74) is 0.820. The second kappa shape index (κ2) is 10.3. The number of ether oxygens (including phenoxy) is 3. The predicted octanol–water partition coefficient (Wildman–Crippen LogP) is 4.37. The zero-order valence-electron chi connectivity index (χ0n) is 18.7. The molecule has 4 rings (SSSR count). The highest BCUT2D eigenvalue weighted by molar-refractivity contribution is 7.98. The Labute approximate surface area is 202 Å². The van der Waals surface area contributed by atoms with Crippen LogP contribution in [0.25, 0.3) is 0 Å². The molecule has 0 saturated carbocycles. The molecule has 1 aliphatic heterocycles. The van der Waals surface area contributed by atoms with Gasteiger partial charge < -0.3 is 19.5 Å². The van der Waals surface area contributed by atoms with Crippen molar-refractivity contribution in [3.05, 3.63) is 66.7 Å². The maximum atomic E-state index is 13.6. The fourth-order valence-electron chi connectivity index (χ4n) is 3.37. The van der Waals surface area contributed by atoms with Crippen LogP contribution < -0.4 is 23.8 Å². The third kappa shape index (κ3) is 5.23. The van der Waals surface area contributed by atoms with E-state index in [1.807, 2.05) is 13.2 Å². The first kappa shape index (κ1) is 23.8. The number of carbonyl (C=O) groups excluding carboxylic acids is 1. The quantitative estimate of drug-likeness (QED) is 0.436. The van der Waals surface area contributed by atoms with Crippen LogP contribution in [0.2, 0.25) is 0 Å². The normalized spacial score (nSPS) is 12.3. The standard InChI is InChI=1S/C24H24N2O6S2/c1-3-30-19-7-5-18(6-8-19)26(34(28,29)21-11-9-20(33-2)10-12-21)15-24(27)25-17-4-13-22-23(14-17)32-16-31-22/h4-14H,3,15-16H2,1-2H3,(H,25,27). The molecule has 0 saturated heterocycles. The largest absolute Gasteiger partial charge is 0.494 e. The maximum absolute atomic E-state index is 13.6. The van der Waals surface area contributed by atoms with E-state index in [1.165, 1.54) is 11.8 Å². The van der Waals surface area contributed by atoms with E-state index in [-0.39, 0.29) is 11.7 Å². The van der Waals surface area contributed by atoms with Crippen LogP contribution in [0, 0.1) is 0 Å². The Bertz CT molecular complexity index is 1260. The van der Waals surface area contributed by atoms with Crippen molar-refractivity contribution in [3.63, 3.8) is 0 Å². The molecule has 0 fully saturated rings. The number of hydrogen-bond donors (Lipinski definition) is 1. The SMILES string of the molecule is CCOc1ccc(N(CC(=O)Nc2ccc3c(c2)OCO3)S(=O)(=O)c2ccc(SC)cc2)cc1. The van der Waals surface area contributed by atoms with Crippen LogP contribution >= 0.6 is 11.8 Å². The first-order valence-electron chi connectivity index (χ1n) is 10.5. The third-order valence-electron chi connectivity index (χ3n) is 5.03. The number of nitrogens with zero attached hydrogens (tertiary/aromatic N) is 1. The number of hydrogen-bond acceptors (Lipinski definition) is 7. The Morgan fingerprint density at radius 1 is 1.03 bits per heavy atom. The number of carbonyl (C=O) groups is 1. The van der Waals surface area contributed by atoms with Gasteiger partial charge in [0.25, 0.3) is 10.0 Å². The van der Waals surface area contributed by atoms with Crippen LogP contribution in [-0.2, 0) is 14.8 Å². The Kier molecular flexibility index (Phi) is 7.18. The van der Waals surface area contributed by atoms with Crippen LogP contribution in [0.3, 0.4) is 0 Å². The molecule has 0 spiro atoms. The minimum atomic E-state index is -4.02. The molecule has 3 aromatic rings. The highest BCUT2D eigenvalue weighted by atomic mass is 32.2. The topological polar surface area (TPSA) is 94.2 Å². The van der Waals surface area contributed by atoms with Gasteiger partial charge in [-0.1, -0.05) is 0 Å². The van der Waals surface area contributed by atoms with Gasteiger partial charge in [0.1, 0.15) is 12.3 Å². The summed E-state index contributed by atoms with van der Waals surface area (Å²) in [4.78, 5) is 14.0. The highest BCUT2D eigenvalue weighted by Crippen LogP contribution is 2.34. The lowest BCUT2D eigenvalue weighted by Crippen LogP contribution is -2.38. The third-order valence-corrected chi connectivity index (χ3v) is 7.56. The number of fused-ring (bicyclic) bond motifs is 1. The molecule has 1 aliphatic rings. The number of anilines is 2. The molecule has 0 aromatic heterocycles. The molecule has 8 nitrogen and oxygen atoms in total. The lowest BCUT2D eigenvalue weighted by Gasteiger charge is -2.24. The predicted molar refractivity (Wildman–Crippen MR) is 132 cm³/mol. The van der Waals surface area contributed by atoms with Gasteiger partial charge in [-0.2, -0.15) is 0 Å². The molecule has 0 unspecified atom stereocenters. The van der Waals surface area contributed by atoms with Crippen LogP contribution in [0.4, 0.5) is 11.4 Å². The molecule has 0 atom stereocenters. The number of sulfonamides is 1. The number of benzene rings is 3. The molecule has 1 amide bonds. The molecule has 0 radical (unpaired) electrons. The van der Waals surface area contributed by atoms with E-state index < -0.39 is 22.5 Å². The molecule has 3 aromatic carbocycles. The minimum absolute atomic E-state index is 0.0927. The van der Waals surface area contributed by atoms with E-state index in [2.05, 4.69) is 5.32 Å². The van der Waals surface area contributed by atoms with Crippen LogP contribution in [0.15, 0.2) is 76.5 Å². The average molecular weight is 501 g/mol. The summed E-state index contributed by atoms with van der Waals surface area (Å²) < 4.78 is 44.3. The van der Waals surface area contributed by atoms with Gasteiger partial charge in [-0.25, -0.2) is 8.42 Å². The van der Waals surface area contributed by atoms with Gasteiger partial charge >= 0.3 is 0 Å². The van der Waals surface area contributed by atoms with Gasteiger partial charge in [0.15, 0.2) is 11.5 Å². The second-order valence-electron chi connectivity index (χ2n) is 7.23. The average Bonchev–Trinajstić information content (AvgIpc) is 3.31. The van der Waals surface area contributed by atoms with Crippen molar-refractivity contribution in [2.45, 2.75) is 16.7 Å². The second-order valence-corrected chi connectivity index (χ2v) is 9.97. The number of amides is 1. The van der Waals surface area contributed by atoms with E-state index >= 15 is 0 Å². The van der Waals surface area contributed by atoms with Crippen molar-refractivity contribution < 1.29 is 27.4 Å². The molecule has 1 N–H and O–H groups in total. The first-order chi connectivity index (χ1) is 16.4. The summed E-state index contributed by atoms with van der Waals surface area (Å²) in [6, 6.07) is 18.1. The fourth-order valence-corrected chi connectivity index (χ4v) is 5.20. The van der Waals surface area contributed by atoms with Crippen molar-refractivity contribution >= 4 is 39.1 Å². The van der Waals surface area contributed by atoms with Gasteiger partial charge in [-0.05, 0) is 73.8 Å². The monoisotopic (exact) mass is 500 g/mol. The van der Waals surface area contributed by atoms with E-state index in [0.717, 1.165) is 9.20 Å². The van der Waals surface area contributed by atoms with Crippen molar-refractivity contribution in [1.82, 2.24) is 0 Å². The van der Waals surface area contributed by atoms with Crippen molar-refractivity contribution in [3.8, 4) is 17.2 Å². The number of rotatable bonds is 9. The smallest absolute Gasteiger partial charge is 0.264 e. The Morgan fingerprint density at radius 2 is 1.74 bits per heavy atom. The molecule has 178 valence electrons. The van der Waals surface area contributed by atoms with Gasteiger partial charge in [0.2, 0.25) is 12.7 Å². The summed E-state index contributed by atoms with van der Waals surface area (Å²) in [6.45, 7) is 2.05. The lowest BCUT2D eigenvalue weighted by molar-refractivity contribution is -0.114. The summed E-state index contributed by atoms with van der Waals surface area (Å²) in [7, 11) is -4.02. The zero-order valence-corrected chi connectivity index (χ0v) is 20.3. The number of thioether (sulfide) groups is 1. The van der Waals surface area contributed by atoms with Crippen LogP contribution in [0.1, 0.15) is 6.92 Å². The lowest BCUT2D eigenvalue weighted by atomic mass is 10.2. The molecular formula is C24H24N2O6S2. The van der Waals surface area contributed by atoms with Crippen LogP contribution in [0.5, 0.6) is 17.2 Å². The van der Waals surface area contributed by atoms with Crippen molar-refractivity contribution in [2.75, 3.05) is 35.8 Å². The fraction of sp³-hybridized carbons (Fsp3) is 0.208. The Balaban J connectivity index is 1.61. The first-order valence-corrected chi connectivity index (χ1v) is 13.2. The van der Waals surface area contributed by atoms with Crippen LogP contribution in [-0.4, -0.2) is 40.5 Å². The number of nitrogens with one attached hydrogen (secondary N) is 1. The zero-order chi connectivity index (χ0) is 24.1. The van der Waals surface area contributed by atoms with E-state index in [4.69, 9.17) is 14.2 Å². The Morgan fingerprint density at radius 3 is 2.41 bits per heavy atom. The summed E-state index contributed by atoms with van der Waals surface area (Å²) in [6.07, 6.45) is 1.91. The summed E-state index contributed by atoms with van der Waals surface area (Å²) >= 11 is 1.51. The van der Waals surface area contributed by atoms with Gasteiger partial charge in [-0.15, -0.1) is 11.8 Å². The molecule has 10 heteroatoms. The maximum Gasteiger partial charge on any atom is 0.264 e. The van der Waals surface area contributed by atoms with Crippen molar-refractivity contribution in [1.29, 1.82) is 0 Å². The van der Waals surface area contributed by atoms with Gasteiger partial charge in [0.05, 0.1) is 17.2 Å². The highest BCUT2D eigenvalue weighted by Gasteiger charge is 2.27. The molecule has 34 heavy (non-hydrogen) atoms. The van der Waals surface area contributed by atoms with E-state index in [0.29, 0.717) is 35.2 Å². The van der Waals surface area contributed by atoms with E-state index in [1.54, 1.807) is 66.7 Å². The molecule has 0 bridgehead atoms. The molecule has 1 heterocycles. The molecular weight excluding hydrogens is 476 g/mol. The van der Waals surface area contributed by atoms with Crippen molar-refractivity contribution in [2.24, 2.45) is 0 Å². The van der Waals surface area contributed by atoms with E-state index in [9.17, 15) is 13.2 Å². The van der Waals surface area contributed by atoms with Gasteiger partial charge in [0, 0.05) is 16.6 Å². The minimum Gasteiger partial charge on any atom is -0.494 e. The molecule has 0 aliphatic carbocycles.